The second-order valence-electron chi connectivity index (χ2n) is 4.74. The molecule has 0 spiro atoms. The lowest BCUT2D eigenvalue weighted by Crippen LogP contribution is -2.40. The van der Waals surface area contributed by atoms with E-state index in [-0.39, 0.29) is 5.41 Å². The fourth-order valence-corrected chi connectivity index (χ4v) is 2.58. The molecule has 90 valence electrons. The summed E-state index contributed by atoms with van der Waals surface area (Å²) in [6, 6.07) is 0.538. The first-order valence-corrected chi connectivity index (χ1v) is 7.04. The van der Waals surface area contributed by atoms with Crippen molar-refractivity contribution in [2.75, 3.05) is 25.6 Å². The summed E-state index contributed by atoms with van der Waals surface area (Å²) in [4.78, 5) is 13.4. The molecule has 0 aromatic carbocycles. The lowest BCUT2D eigenvalue weighted by Gasteiger charge is -2.32. The Bertz CT molecular complexity index is 186. The highest BCUT2D eigenvalue weighted by Gasteiger charge is 2.25. The minimum Gasteiger partial charge on any atom is -0.303 e. The van der Waals surface area contributed by atoms with Gasteiger partial charge in [-0.05, 0) is 26.6 Å². The van der Waals surface area contributed by atoms with Crippen molar-refractivity contribution in [1.82, 2.24) is 4.90 Å². The Morgan fingerprint density at radius 2 is 2.13 bits per heavy atom. The zero-order valence-corrected chi connectivity index (χ0v) is 11.6. The topological polar surface area (TPSA) is 20.3 Å². The van der Waals surface area contributed by atoms with Gasteiger partial charge in [0.25, 0.3) is 0 Å². The molecular weight excluding hydrogens is 206 g/mol. The molecular formula is C12H25NOS. The van der Waals surface area contributed by atoms with Crippen LogP contribution in [0.3, 0.4) is 0 Å². The molecule has 0 bridgehead atoms. The zero-order valence-electron chi connectivity index (χ0n) is 10.7. The van der Waals surface area contributed by atoms with E-state index < -0.39 is 0 Å². The van der Waals surface area contributed by atoms with Crippen LogP contribution >= 0.6 is 11.8 Å². The van der Waals surface area contributed by atoms with Gasteiger partial charge in [-0.2, -0.15) is 11.8 Å². The molecule has 0 aliphatic carbocycles. The monoisotopic (exact) mass is 231 g/mol. The molecule has 0 radical (unpaired) electrons. The molecule has 0 rings (SSSR count). The van der Waals surface area contributed by atoms with Gasteiger partial charge in [0, 0.05) is 23.8 Å². The van der Waals surface area contributed by atoms with Crippen LogP contribution < -0.4 is 0 Å². The van der Waals surface area contributed by atoms with Gasteiger partial charge in [-0.25, -0.2) is 0 Å². The lowest BCUT2D eigenvalue weighted by atomic mass is 9.86. The van der Waals surface area contributed by atoms with E-state index in [0.717, 1.165) is 31.4 Å². The number of carbonyl (C=O) groups excluding carboxylic acids is 1. The molecule has 0 fully saturated rings. The van der Waals surface area contributed by atoms with Crippen LogP contribution in [-0.2, 0) is 4.79 Å². The Kier molecular flexibility index (Phi) is 7.28. The predicted octanol–water partition coefficient (Wildman–Crippen LogP) is 2.68. The van der Waals surface area contributed by atoms with Crippen molar-refractivity contribution in [3.63, 3.8) is 0 Å². The molecule has 0 saturated heterocycles. The van der Waals surface area contributed by atoms with E-state index in [1.54, 1.807) is 0 Å². The molecule has 0 saturated carbocycles. The standard InChI is InChI=1S/C12H25NOS/c1-6-7-12(3,10-14)9-13(4)11(2)8-15-5/h10-11H,6-9H2,1-5H3. The normalized spacial score (nSPS) is 17.5. The smallest absolute Gasteiger partial charge is 0.127 e. The minimum absolute atomic E-state index is 0.170. The molecule has 0 aromatic rings. The van der Waals surface area contributed by atoms with Crippen LogP contribution in [0.15, 0.2) is 0 Å². The summed E-state index contributed by atoms with van der Waals surface area (Å²) in [6.45, 7) is 7.28. The summed E-state index contributed by atoms with van der Waals surface area (Å²) < 4.78 is 0. The second kappa shape index (κ2) is 7.29. The Hall–Kier alpha value is -0.0200. The summed E-state index contributed by atoms with van der Waals surface area (Å²) in [7, 11) is 2.11. The third-order valence-electron chi connectivity index (χ3n) is 2.88. The van der Waals surface area contributed by atoms with E-state index in [4.69, 9.17) is 0 Å². The van der Waals surface area contributed by atoms with Gasteiger partial charge >= 0.3 is 0 Å². The van der Waals surface area contributed by atoms with E-state index in [2.05, 4.69) is 39.0 Å². The van der Waals surface area contributed by atoms with E-state index in [1.807, 2.05) is 11.8 Å². The van der Waals surface area contributed by atoms with E-state index in [0.29, 0.717) is 6.04 Å². The van der Waals surface area contributed by atoms with Crippen LogP contribution in [0.1, 0.15) is 33.6 Å². The fourth-order valence-electron chi connectivity index (χ4n) is 1.84. The first kappa shape index (κ1) is 15.0. The molecule has 2 nitrogen and oxygen atoms in total. The summed E-state index contributed by atoms with van der Waals surface area (Å²) in [5, 5.41) is 0. The van der Waals surface area contributed by atoms with Crippen LogP contribution in [0, 0.1) is 5.41 Å². The predicted molar refractivity (Wildman–Crippen MR) is 69.6 cm³/mol. The van der Waals surface area contributed by atoms with Crippen molar-refractivity contribution < 1.29 is 4.79 Å². The lowest BCUT2D eigenvalue weighted by molar-refractivity contribution is -0.116. The fraction of sp³-hybridized carbons (Fsp3) is 0.917. The quantitative estimate of drug-likeness (QED) is 0.599. The Morgan fingerprint density at radius 3 is 2.53 bits per heavy atom. The second-order valence-corrected chi connectivity index (χ2v) is 5.65. The van der Waals surface area contributed by atoms with Gasteiger partial charge < -0.3 is 9.69 Å². The Balaban J connectivity index is 4.21. The zero-order chi connectivity index (χ0) is 11.9. The van der Waals surface area contributed by atoms with Gasteiger partial charge in [-0.3, -0.25) is 0 Å². The van der Waals surface area contributed by atoms with Crippen molar-refractivity contribution in [3.05, 3.63) is 0 Å². The molecule has 0 aliphatic heterocycles. The first-order valence-electron chi connectivity index (χ1n) is 5.64. The number of nitrogens with zero attached hydrogens (tertiary/aromatic N) is 1. The maximum absolute atomic E-state index is 11.1. The molecule has 0 heterocycles. The van der Waals surface area contributed by atoms with Crippen LogP contribution in [-0.4, -0.2) is 42.8 Å². The maximum Gasteiger partial charge on any atom is 0.127 e. The van der Waals surface area contributed by atoms with Gasteiger partial charge in [-0.15, -0.1) is 0 Å². The maximum atomic E-state index is 11.1. The average Bonchev–Trinajstić information content (AvgIpc) is 2.18. The molecule has 2 unspecified atom stereocenters. The number of hydrogen-bond acceptors (Lipinski definition) is 3. The highest BCUT2D eigenvalue weighted by molar-refractivity contribution is 7.98. The summed E-state index contributed by atoms with van der Waals surface area (Å²) in [6.07, 6.45) is 5.29. The average molecular weight is 231 g/mol. The molecule has 0 aromatic heterocycles. The van der Waals surface area contributed by atoms with Crippen LogP contribution in [0.25, 0.3) is 0 Å². The van der Waals surface area contributed by atoms with Gasteiger partial charge in [0.05, 0.1) is 0 Å². The van der Waals surface area contributed by atoms with Gasteiger partial charge in [-0.1, -0.05) is 20.3 Å². The highest BCUT2D eigenvalue weighted by atomic mass is 32.2. The third-order valence-corrected chi connectivity index (χ3v) is 3.69. The minimum atomic E-state index is -0.170. The van der Waals surface area contributed by atoms with Crippen LogP contribution in [0.4, 0.5) is 0 Å². The number of rotatable bonds is 8. The van der Waals surface area contributed by atoms with Crippen molar-refractivity contribution in [2.45, 2.75) is 39.7 Å². The van der Waals surface area contributed by atoms with Crippen molar-refractivity contribution in [2.24, 2.45) is 5.41 Å². The van der Waals surface area contributed by atoms with E-state index in [9.17, 15) is 4.79 Å². The van der Waals surface area contributed by atoms with Crippen molar-refractivity contribution in [3.8, 4) is 0 Å². The van der Waals surface area contributed by atoms with Gasteiger partial charge in [0.2, 0.25) is 0 Å². The van der Waals surface area contributed by atoms with E-state index in [1.165, 1.54) is 0 Å². The number of thioether (sulfide) groups is 1. The number of carbonyl (C=O) groups is 1. The molecule has 0 N–H and O–H groups in total. The Labute approximate surface area is 98.8 Å². The SMILES string of the molecule is CCCC(C)(C=O)CN(C)C(C)CSC. The van der Waals surface area contributed by atoms with Gasteiger partial charge in [0.15, 0.2) is 0 Å². The third kappa shape index (κ3) is 5.57. The number of hydrogen-bond donors (Lipinski definition) is 0. The molecule has 3 heteroatoms. The Morgan fingerprint density at radius 1 is 1.53 bits per heavy atom. The summed E-state index contributed by atoms with van der Waals surface area (Å²) in [5.41, 5.74) is -0.170. The van der Waals surface area contributed by atoms with Gasteiger partial charge in [0.1, 0.15) is 6.29 Å². The molecule has 2 atom stereocenters. The molecule has 0 amide bonds. The summed E-state index contributed by atoms with van der Waals surface area (Å²) in [5.74, 6) is 1.12. The van der Waals surface area contributed by atoms with Crippen LogP contribution in [0.2, 0.25) is 0 Å². The van der Waals surface area contributed by atoms with Crippen molar-refractivity contribution in [1.29, 1.82) is 0 Å². The summed E-state index contributed by atoms with van der Waals surface area (Å²) >= 11 is 1.86. The van der Waals surface area contributed by atoms with E-state index >= 15 is 0 Å². The highest BCUT2D eigenvalue weighted by Crippen LogP contribution is 2.22. The number of aldehydes is 1. The van der Waals surface area contributed by atoms with Crippen molar-refractivity contribution >= 4 is 18.0 Å². The molecule has 15 heavy (non-hydrogen) atoms. The first-order chi connectivity index (χ1) is 6.99. The molecule has 0 aliphatic rings. The van der Waals surface area contributed by atoms with Crippen LogP contribution in [0.5, 0.6) is 0 Å². The largest absolute Gasteiger partial charge is 0.303 e.